The summed E-state index contributed by atoms with van der Waals surface area (Å²) in [5.74, 6) is 0. The van der Waals surface area contributed by atoms with Crippen LogP contribution in [0.3, 0.4) is 0 Å². The number of aliphatic hydroxyl groups is 2. The molecule has 0 amide bonds. The molecule has 0 aromatic heterocycles. The summed E-state index contributed by atoms with van der Waals surface area (Å²) in [6.07, 6.45) is 4.83. The summed E-state index contributed by atoms with van der Waals surface area (Å²) < 4.78 is 0. The molecule has 0 aromatic rings. The molecule has 1 aliphatic rings. The Morgan fingerprint density at radius 1 is 1.33 bits per heavy atom. The topological polar surface area (TPSA) is 43.7 Å². The molecule has 15 heavy (non-hydrogen) atoms. The summed E-state index contributed by atoms with van der Waals surface area (Å²) in [7, 11) is 1.97. The Morgan fingerprint density at radius 3 is 2.33 bits per heavy atom. The van der Waals surface area contributed by atoms with Gasteiger partial charge in [-0.05, 0) is 33.2 Å². The number of hydrogen-bond acceptors (Lipinski definition) is 3. The smallest absolute Gasteiger partial charge is 0.0774 e. The van der Waals surface area contributed by atoms with E-state index in [0.29, 0.717) is 13.1 Å². The summed E-state index contributed by atoms with van der Waals surface area (Å²) in [4.78, 5) is 2.05. The molecular formula is C12H25NO2. The first-order chi connectivity index (χ1) is 6.87. The standard InChI is InChI=1S/C12H25NO2/c1-4-11(2,14)9-13(3)10-12(15)7-5-6-8-12/h14-15H,4-10H2,1-3H3. The Morgan fingerprint density at radius 2 is 1.87 bits per heavy atom. The Bertz CT molecular complexity index is 198. The van der Waals surface area contributed by atoms with Gasteiger partial charge < -0.3 is 15.1 Å². The van der Waals surface area contributed by atoms with Crippen LogP contribution in [0.15, 0.2) is 0 Å². The Balaban J connectivity index is 2.38. The Labute approximate surface area is 93.1 Å². The second kappa shape index (κ2) is 4.81. The van der Waals surface area contributed by atoms with Crippen LogP contribution in [-0.4, -0.2) is 46.5 Å². The molecule has 1 fully saturated rings. The lowest BCUT2D eigenvalue weighted by molar-refractivity contribution is -0.0209. The van der Waals surface area contributed by atoms with Crippen LogP contribution in [0.1, 0.15) is 46.0 Å². The Hall–Kier alpha value is -0.120. The molecule has 1 aliphatic carbocycles. The Kier molecular flexibility index (Phi) is 4.15. The molecule has 0 aliphatic heterocycles. The average Bonchev–Trinajstić information content (AvgIpc) is 2.50. The third kappa shape index (κ3) is 4.09. The second-order valence-electron chi connectivity index (χ2n) is 5.45. The van der Waals surface area contributed by atoms with Gasteiger partial charge in [0.2, 0.25) is 0 Å². The molecule has 1 atom stereocenters. The van der Waals surface area contributed by atoms with E-state index >= 15 is 0 Å². The maximum atomic E-state index is 10.2. The third-order valence-electron chi connectivity index (χ3n) is 3.47. The van der Waals surface area contributed by atoms with Crippen molar-refractivity contribution in [3.8, 4) is 0 Å². The first kappa shape index (κ1) is 12.9. The minimum absolute atomic E-state index is 0.501. The number of rotatable bonds is 5. The number of likely N-dealkylation sites (N-methyl/N-ethyl adjacent to an activating group) is 1. The number of hydrogen-bond donors (Lipinski definition) is 2. The maximum Gasteiger partial charge on any atom is 0.0774 e. The number of nitrogens with zero attached hydrogens (tertiary/aromatic N) is 1. The zero-order valence-corrected chi connectivity index (χ0v) is 10.3. The van der Waals surface area contributed by atoms with Crippen molar-refractivity contribution in [2.24, 2.45) is 0 Å². The van der Waals surface area contributed by atoms with Gasteiger partial charge in [-0.2, -0.15) is 0 Å². The van der Waals surface area contributed by atoms with Crippen LogP contribution in [0.5, 0.6) is 0 Å². The van der Waals surface area contributed by atoms with Crippen LogP contribution in [0.2, 0.25) is 0 Å². The van der Waals surface area contributed by atoms with Gasteiger partial charge in [-0.1, -0.05) is 19.8 Å². The van der Waals surface area contributed by atoms with Crippen LogP contribution in [0.25, 0.3) is 0 Å². The van der Waals surface area contributed by atoms with Crippen molar-refractivity contribution in [2.75, 3.05) is 20.1 Å². The van der Waals surface area contributed by atoms with E-state index in [2.05, 4.69) is 4.90 Å². The van der Waals surface area contributed by atoms with E-state index in [0.717, 1.165) is 32.1 Å². The van der Waals surface area contributed by atoms with Crippen molar-refractivity contribution < 1.29 is 10.2 Å². The van der Waals surface area contributed by atoms with Crippen molar-refractivity contribution in [3.05, 3.63) is 0 Å². The summed E-state index contributed by atoms with van der Waals surface area (Å²) >= 11 is 0. The largest absolute Gasteiger partial charge is 0.389 e. The van der Waals surface area contributed by atoms with Crippen molar-refractivity contribution in [1.29, 1.82) is 0 Å². The van der Waals surface area contributed by atoms with Gasteiger partial charge in [-0.25, -0.2) is 0 Å². The van der Waals surface area contributed by atoms with Gasteiger partial charge in [0.1, 0.15) is 0 Å². The molecule has 0 aromatic carbocycles. The molecule has 3 nitrogen and oxygen atoms in total. The normalized spacial score (nSPS) is 24.4. The first-order valence-electron chi connectivity index (χ1n) is 6.00. The van der Waals surface area contributed by atoms with Crippen LogP contribution >= 0.6 is 0 Å². The van der Waals surface area contributed by atoms with Gasteiger partial charge in [0.25, 0.3) is 0 Å². The van der Waals surface area contributed by atoms with Crippen molar-refractivity contribution in [2.45, 2.75) is 57.2 Å². The highest BCUT2D eigenvalue weighted by molar-refractivity contribution is 4.88. The second-order valence-corrected chi connectivity index (χ2v) is 5.45. The van der Waals surface area contributed by atoms with Crippen molar-refractivity contribution in [3.63, 3.8) is 0 Å². The molecule has 2 N–H and O–H groups in total. The summed E-state index contributed by atoms with van der Waals surface area (Å²) in [5, 5.41) is 20.1. The zero-order chi connectivity index (χ0) is 11.5. The van der Waals surface area contributed by atoms with Crippen LogP contribution in [0, 0.1) is 0 Å². The van der Waals surface area contributed by atoms with Crippen LogP contribution in [0.4, 0.5) is 0 Å². The van der Waals surface area contributed by atoms with E-state index in [9.17, 15) is 10.2 Å². The van der Waals surface area contributed by atoms with E-state index in [1.807, 2.05) is 20.9 Å². The molecule has 3 heteroatoms. The fourth-order valence-corrected chi connectivity index (χ4v) is 2.44. The summed E-state index contributed by atoms with van der Waals surface area (Å²) in [6.45, 7) is 5.15. The van der Waals surface area contributed by atoms with Crippen LogP contribution in [-0.2, 0) is 0 Å². The van der Waals surface area contributed by atoms with Gasteiger partial charge in [0, 0.05) is 13.1 Å². The lowest BCUT2D eigenvalue weighted by Crippen LogP contribution is -2.45. The molecule has 90 valence electrons. The molecule has 1 saturated carbocycles. The maximum absolute atomic E-state index is 10.2. The van der Waals surface area contributed by atoms with E-state index < -0.39 is 11.2 Å². The SMILES string of the molecule is CCC(C)(O)CN(C)CC1(O)CCCC1. The van der Waals surface area contributed by atoms with Gasteiger partial charge in [-0.15, -0.1) is 0 Å². The fourth-order valence-electron chi connectivity index (χ4n) is 2.44. The average molecular weight is 215 g/mol. The lowest BCUT2D eigenvalue weighted by Gasteiger charge is -2.33. The molecule has 0 spiro atoms. The monoisotopic (exact) mass is 215 g/mol. The first-order valence-corrected chi connectivity index (χ1v) is 6.00. The summed E-state index contributed by atoms with van der Waals surface area (Å²) in [5.41, 5.74) is -1.14. The fraction of sp³-hybridized carbons (Fsp3) is 1.00. The molecule has 1 rings (SSSR count). The van der Waals surface area contributed by atoms with Gasteiger partial charge in [0.05, 0.1) is 11.2 Å². The molecule has 0 bridgehead atoms. The van der Waals surface area contributed by atoms with E-state index in [1.54, 1.807) is 0 Å². The van der Waals surface area contributed by atoms with E-state index in [4.69, 9.17) is 0 Å². The molecule has 0 saturated heterocycles. The highest BCUT2D eigenvalue weighted by Crippen LogP contribution is 2.30. The molecular weight excluding hydrogens is 190 g/mol. The highest BCUT2D eigenvalue weighted by atomic mass is 16.3. The predicted octanol–water partition coefficient (Wildman–Crippen LogP) is 1.38. The van der Waals surface area contributed by atoms with Crippen molar-refractivity contribution >= 4 is 0 Å². The molecule has 0 heterocycles. The van der Waals surface area contributed by atoms with Crippen LogP contribution < -0.4 is 0 Å². The summed E-state index contributed by atoms with van der Waals surface area (Å²) in [6, 6.07) is 0. The molecule has 0 radical (unpaired) electrons. The quantitative estimate of drug-likeness (QED) is 0.728. The van der Waals surface area contributed by atoms with E-state index in [-0.39, 0.29) is 0 Å². The molecule has 1 unspecified atom stereocenters. The van der Waals surface area contributed by atoms with E-state index in [1.165, 1.54) is 0 Å². The van der Waals surface area contributed by atoms with Gasteiger partial charge >= 0.3 is 0 Å². The van der Waals surface area contributed by atoms with Gasteiger partial charge in [-0.3, -0.25) is 0 Å². The lowest BCUT2D eigenvalue weighted by atomic mass is 9.99. The zero-order valence-electron chi connectivity index (χ0n) is 10.3. The minimum Gasteiger partial charge on any atom is -0.389 e. The van der Waals surface area contributed by atoms with Crippen molar-refractivity contribution in [1.82, 2.24) is 4.90 Å². The highest BCUT2D eigenvalue weighted by Gasteiger charge is 2.33. The minimum atomic E-state index is -0.635. The van der Waals surface area contributed by atoms with Gasteiger partial charge in [0.15, 0.2) is 0 Å². The third-order valence-corrected chi connectivity index (χ3v) is 3.47. The predicted molar refractivity (Wildman–Crippen MR) is 61.8 cm³/mol.